The van der Waals surface area contributed by atoms with E-state index in [0.717, 1.165) is 12.0 Å². The Labute approximate surface area is 107 Å². The van der Waals surface area contributed by atoms with Crippen molar-refractivity contribution in [3.8, 4) is 18.1 Å². The third-order valence-corrected chi connectivity index (χ3v) is 3.06. The fourth-order valence-electron chi connectivity index (χ4n) is 2.11. The second-order valence-electron chi connectivity index (χ2n) is 4.33. The molecule has 0 radical (unpaired) electrons. The molecule has 1 heterocycles. The largest absolute Gasteiger partial charge is 0.508 e. The van der Waals surface area contributed by atoms with Crippen LogP contribution in [0.4, 0.5) is 0 Å². The molecule has 4 nitrogen and oxygen atoms in total. The van der Waals surface area contributed by atoms with E-state index in [1.165, 1.54) is 5.56 Å². The van der Waals surface area contributed by atoms with Crippen molar-refractivity contribution in [2.45, 2.75) is 13.0 Å². The molecule has 1 aliphatic rings. The van der Waals surface area contributed by atoms with Gasteiger partial charge in [-0.3, -0.25) is 10.1 Å². The summed E-state index contributed by atoms with van der Waals surface area (Å²) in [6.07, 6.45) is 5.94. The molecule has 0 fully saturated rings. The molecule has 0 aliphatic carbocycles. The number of carbonyl (C=O) groups is 1. The molecular weight excluding hydrogens is 228 g/mol. The number of hydrogen-bond donors (Lipinski definition) is 2. The molecular formula is C14H16N2O2. The maximum atomic E-state index is 11.9. The van der Waals surface area contributed by atoms with Gasteiger partial charge in [0.05, 0.1) is 13.1 Å². The number of nitrogens with one attached hydrogen (secondary N) is 1. The average Bonchev–Trinajstić information content (AvgIpc) is 2.38. The Balaban J connectivity index is 1.99. The van der Waals surface area contributed by atoms with E-state index >= 15 is 0 Å². The Morgan fingerprint density at radius 1 is 1.50 bits per heavy atom. The summed E-state index contributed by atoms with van der Waals surface area (Å²) in [6, 6.07) is 5.33. The SMILES string of the molecule is C#CCNCC(=O)N1CCc2ccc(O)cc2C1. The van der Waals surface area contributed by atoms with Gasteiger partial charge in [0.1, 0.15) is 5.75 Å². The smallest absolute Gasteiger partial charge is 0.236 e. The highest BCUT2D eigenvalue weighted by Gasteiger charge is 2.20. The van der Waals surface area contributed by atoms with Crippen LogP contribution in [0.25, 0.3) is 0 Å². The van der Waals surface area contributed by atoms with Crippen LogP contribution in [0.15, 0.2) is 18.2 Å². The van der Waals surface area contributed by atoms with Crippen LogP contribution in [-0.2, 0) is 17.8 Å². The van der Waals surface area contributed by atoms with Gasteiger partial charge in [-0.15, -0.1) is 6.42 Å². The summed E-state index contributed by atoms with van der Waals surface area (Å²) in [7, 11) is 0. The number of carbonyl (C=O) groups excluding carboxylic acids is 1. The van der Waals surface area contributed by atoms with Gasteiger partial charge >= 0.3 is 0 Å². The zero-order valence-corrected chi connectivity index (χ0v) is 10.1. The molecule has 2 N–H and O–H groups in total. The zero-order valence-electron chi connectivity index (χ0n) is 10.1. The number of aromatic hydroxyl groups is 1. The lowest BCUT2D eigenvalue weighted by molar-refractivity contribution is -0.131. The quantitative estimate of drug-likeness (QED) is 0.601. The number of phenols is 1. The van der Waals surface area contributed by atoms with E-state index < -0.39 is 0 Å². The number of phenolic OH excluding ortho intramolecular Hbond substituents is 1. The second-order valence-corrected chi connectivity index (χ2v) is 4.33. The van der Waals surface area contributed by atoms with Crippen molar-refractivity contribution in [1.82, 2.24) is 10.2 Å². The summed E-state index contributed by atoms with van der Waals surface area (Å²) >= 11 is 0. The van der Waals surface area contributed by atoms with Crippen LogP contribution in [0.1, 0.15) is 11.1 Å². The highest BCUT2D eigenvalue weighted by atomic mass is 16.3. The Kier molecular flexibility index (Phi) is 3.85. The van der Waals surface area contributed by atoms with Gasteiger partial charge in [0, 0.05) is 13.1 Å². The Bertz CT molecular complexity index is 491. The Morgan fingerprint density at radius 3 is 3.11 bits per heavy atom. The molecule has 0 saturated heterocycles. The van der Waals surface area contributed by atoms with Crippen molar-refractivity contribution < 1.29 is 9.90 Å². The molecule has 1 aromatic carbocycles. The molecule has 18 heavy (non-hydrogen) atoms. The summed E-state index contributed by atoms with van der Waals surface area (Å²) in [5.74, 6) is 2.72. The topological polar surface area (TPSA) is 52.6 Å². The Morgan fingerprint density at radius 2 is 2.33 bits per heavy atom. The van der Waals surface area contributed by atoms with Gasteiger partial charge in [0.15, 0.2) is 0 Å². The van der Waals surface area contributed by atoms with Crippen molar-refractivity contribution in [2.24, 2.45) is 0 Å². The van der Waals surface area contributed by atoms with E-state index in [9.17, 15) is 9.90 Å². The van der Waals surface area contributed by atoms with Gasteiger partial charge in [0.2, 0.25) is 5.91 Å². The van der Waals surface area contributed by atoms with Crippen LogP contribution >= 0.6 is 0 Å². The van der Waals surface area contributed by atoms with Crippen molar-refractivity contribution in [1.29, 1.82) is 0 Å². The first-order valence-corrected chi connectivity index (χ1v) is 5.93. The van der Waals surface area contributed by atoms with Gasteiger partial charge in [-0.2, -0.15) is 0 Å². The first-order chi connectivity index (χ1) is 8.70. The zero-order chi connectivity index (χ0) is 13.0. The van der Waals surface area contributed by atoms with Crippen molar-refractivity contribution >= 4 is 5.91 Å². The maximum absolute atomic E-state index is 11.9. The van der Waals surface area contributed by atoms with Gasteiger partial charge in [0.25, 0.3) is 0 Å². The number of amides is 1. The highest BCUT2D eigenvalue weighted by Crippen LogP contribution is 2.22. The molecule has 0 atom stereocenters. The first-order valence-electron chi connectivity index (χ1n) is 5.93. The number of hydrogen-bond acceptors (Lipinski definition) is 3. The highest BCUT2D eigenvalue weighted by molar-refractivity contribution is 5.78. The third-order valence-electron chi connectivity index (χ3n) is 3.06. The summed E-state index contributed by atoms with van der Waals surface area (Å²) in [6.45, 7) is 1.93. The molecule has 1 aliphatic heterocycles. The first kappa shape index (κ1) is 12.5. The molecule has 0 aromatic heterocycles. The van der Waals surface area contributed by atoms with Gasteiger partial charge in [-0.25, -0.2) is 0 Å². The van der Waals surface area contributed by atoms with Crippen LogP contribution in [-0.4, -0.2) is 35.5 Å². The number of benzene rings is 1. The van der Waals surface area contributed by atoms with Crippen LogP contribution in [0.2, 0.25) is 0 Å². The molecule has 1 aromatic rings. The molecule has 1 amide bonds. The predicted molar refractivity (Wildman–Crippen MR) is 68.9 cm³/mol. The molecule has 0 saturated carbocycles. The van der Waals surface area contributed by atoms with Gasteiger partial charge in [-0.05, 0) is 29.7 Å². The molecule has 0 spiro atoms. The fraction of sp³-hybridized carbons (Fsp3) is 0.357. The third kappa shape index (κ3) is 2.82. The minimum absolute atomic E-state index is 0.0410. The fourth-order valence-corrected chi connectivity index (χ4v) is 2.11. The van der Waals surface area contributed by atoms with Crippen molar-refractivity contribution in [3.63, 3.8) is 0 Å². The van der Waals surface area contributed by atoms with Crippen LogP contribution in [0.5, 0.6) is 5.75 Å². The Hall–Kier alpha value is -1.99. The monoisotopic (exact) mass is 244 g/mol. The van der Waals surface area contributed by atoms with E-state index in [0.29, 0.717) is 19.6 Å². The summed E-state index contributed by atoms with van der Waals surface area (Å²) in [5, 5.41) is 12.3. The lowest BCUT2D eigenvalue weighted by Crippen LogP contribution is -2.41. The number of fused-ring (bicyclic) bond motifs is 1. The summed E-state index contributed by atoms with van der Waals surface area (Å²) < 4.78 is 0. The van der Waals surface area contributed by atoms with E-state index in [-0.39, 0.29) is 18.2 Å². The van der Waals surface area contributed by atoms with E-state index in [2.05, 4.69) is 11.2 Å². The van der Waals surface area contributed by atoms with Crippen LogP contribution < -0.4 is 5.32 Å². The van der Waals surface area contributed by atoms with Gasteiger partial charge < -0.3 is 10.0 Å². The van der Waals surface area contributed by atoms with E-state index in [4.69, 9.17) is 6.42 Å². The van der Waals surface area contributed by atoms with Crippen molar-refractivity contribution in [3.05, 3.63) is 29.3 Å². The maximum Gasteiger partial charge on any atom is 0.236 e. The molecule has 94 valence electrons. The summed E-state index contributed by atoms with van der Waals surface area (Å²) in [4.78, 5) is 13.7. The molecule has 4 heteroatoms. The molecule has 2 rings (SSSR count). The molecule has 0 bridgehead atoms. The number of rotatable bonds is 3. The normalized spacial score (nSPS) is 13.8. The lowest BCUT2D eigenvalue weighted by Gasteiger charge is -2.29. The number of terminal acetylenes is 1. The number of nitrogens with zero attached hydrogens (tertiary/aromatic N) is 1. The van der Waals surface area contributed by atoms with E-state index in [1.807, 2.05) is 6.07 Å². The minimum Gasteiger partial charge on any atom is -0.508 e. The molecule has 0 unspecified atom stereocenters. The van der Waals surface area contributed by atoms with E-state index in [1.54, 1.807) is 17.0 Å². The average molecular weight is 244 g/mol. The van der Waals surface area contributed by atoms with Gasteiger partial charge in [-0.1, -0.05) is 12.0 Å². The van der Waals surface area contributed by atoms with Crippen molar-refractivity contribution in [2.75, 3.05) is 19.6 Å². The lowest BCUT2D eigenvalue weighted by atomic mass is 9.99. The standard InChI is InChI=1S/C14H16N2O2/c1-2-6-15-9-14(18)16-7-5-11-3-4-13(17)8-12(11)10-16/h1,3-4,8,15,17H,5-7,9-10H2. The predicted octanol–water partition coefficient (Wildman–Crippen LogP) is 0.500. The summed E-state index contributed by atoms with van der Waals surface area (Å²) in [5.41, 5.74) is 2.22. The van der Waals surface area contributed by atoms with Crippen LogP contribution in [0.3, 0.4) is 0 Å². The minimum atomic E-state index is 0.0410. The van der Waals surface area contributed by atoms with Crippen LogP contribution in [0, 0.1) is 12.3 Å². The second kappa shape index (κ2) is 5.56.